The number of rotatable bonds is 7. The summed E-state index contributed by atoms with van der Waals surface area (Å²) in [6.45, 7) is 7.97. The zero-order valence-corrected chi connectivity index (χ0v) is 31.4. The van der Waals surface area contributed by atoms with Crippen LogP contribution in [0.25, 0.3) is 10.8 Å². The predicted molar refractivity (Wildman–Crippen MR) is 202 cm³/mol. The Morgan fingerprint density at radius 3 is 2.34 bits per heavy atom. The molecule has 2 amide bonds. The SMILES string of the molecule is CO[C@H]1/C=C\C=C(/C)C(=O)N(CC(=O)c2cccc3ccccc23)/C(C)=C/C(=O)/C(N)=C(\C=O)C[C@H](C)C[C@@H](OC)[C@H](O)[C@@H](C)/C=C(\C)[C@@H]1OC(N)=O. The number of nitrogens with zero attached hydrogens (tertiary/aromatic N) is 1. The van der Waals surface area contributed by atoms with Gasteiger partial charge in [-0.15, -0.1) is 0 Å². The highest BCUT2D eigenvalue weighted by Gasteiger charge is 2.30. The van der Waals surface area contributed by atoms with Gasteiger partial charge in [-0.25, -0.2) is 4.79 Å². The molecule has 0 unspecified atom stereocenters. The first-order chi connectivity index (χ1) is 25.1. The van der Waals surface area contributed by atoms with Crippen LogP contribution in [-0.4, -0.2) is 85.0 Å². The number of ether oxygens (including phenoxy) is 3. The first kappa shape index (κ1) is 42.2. The summed E-state index contributed by atoms with van der Waals surface area (Å²) in [4.78, 5) is 66.8. The summed E-state index contributed by atoms with van der Waals surface area (Å²) in [5.74, 6) is -2.42. The molecule has 0 spiro atoms. The number of hydrogen-bond donors (Lipinski definition) is 3. The van der Waals surface area contributed by atoms with E-state index in [0.717, 1.165) is 11.5 Å². The summed E-state index contributed by atoms with van der Waals surface area (Å²) in [5, 5.41) is 12.8. The van der Waals surface area contributed by atoms with Crippen LogP contribution in [0.2, 0.25) is 0 Å². The largest absolute Gasteiger partial charge is 0.439 e. The standard InChI is InChI=1S/C41H51N3O9/c1-24-18-30(23-45)37(42)33(46)21-28(5)44(22-34(47)32-16-11-14-29-13-8-9-15-31(29)32)40(49)25(2)12-10-17-35(51-6)39(53-41(43)50)27(4)20-26(3)38(48)36(19-24)52-7/h8-17,20-21,23-24,26,35-36,38-39,48H,18-19,22,42H2,1-7H3,(H2,43,50)/b17-10-,25-12+,27-20+,28-21+,37-30+/t24-,26-,35-,36+,38+,39-/m0/s1. The van der Waals surface area contributed by atoms with Gasteiger partial charge in [0, 0.05) is 48.6 Å². The lowest BCUT2D eigenvalue weighted by atomic mass is 9.88. The monoisotopic (exact) mass is 729 g/mol. The minimum absolute atomic E-state index is 0.0496. The van der Waals surface area contributed by atoms with Crippen molar-refractivity contribution in [2.75, 3.05) is 20.8 Å². The van der Waals surface area contributed by atoms with Crippen LogP contribution in [0.15, 0.2) is 101 Å². The molecule has 2 aromatic rings. The van der Waals surface area contributed by atoms with Crippen molar-refractivity contribution in [2.45, 2.75) is 71.9 Å². The molecular formula is C41H51N3O9. The number of hydrogen-bond acceptors (Lipinski definition) is 10. The van der Waals surface area contributed by atoms with Crippen LogP contribution < -0.4 is 11.5 Å². The number of primary amides is 1. The molecule has 0 bridgehead atoms. The quantitative estimate of drug-likeness (QED) is 0.196. The maximum atomic E-state index is 14.1. The Hall–Kier alpha value is -5.17. The molecule has 5 N–H and O–H groups in total. The Balaban J connectivity index is 2.18. The molecule has 0 aromatic heterocycles. The lowest BCUT2D eigenvalue weighted by Crippen LogP contribution is -2.37. The number of aliphatic hydroxyl groups is 1. The molecule has 3 rings (SSSR count). The van der Waals surface area contributed by atoms with E-state index in [1.54, 1.807) is 51.1 Å². The number of methoxy groups -OCH3 is 2. The second-order valence-electron chi connectivity index (χ2n) is 13.4. The maximum absolute atomic E-state index is 14.1. The number of amides is 2. The molecule has 1 heterocycles. The lowest BCUT2D eigenvalue weighted by Gasteiger charge is -2.29. The van der Waals surface area contributed by atoms with Crippen molar-refractivity contribution < 1.29 is 43.3 Å². The Morgan fingerprint density at radius 2 is 1.70 bits per heavy atom. The molecular weight excluding hydrogens is 678 g/mol. The molecule has 0 saturated carbocycles. The van der Waals surface area contributed by atoms with Gasteiger partial charge in [0.2, 0.25) is 5.78 Å². The molecule has 1 aliphatic rings. The molecule has 0 radical (unpaired) electrons. The molecule has 2 aromatic carbocycles. The minimum atomic E-state index is -1.04. The number of ketones is 2. The zero-order valence-electron chi connectivity index (χ0n) is 31.4. The molecule has 0 saturated heterocycles. The molecule has 6 atom stereocenters. The predicted octanol–water partition coefficient (Wildman–Crippen LogP) is 5.11. The summed E-state index contributed by atoms with van der Waals surface area (Å²) >= 11 is 0. The fourth-order valence-corrected chi connectivity index (χ4v) is 6.40. The molecule has 1 aliphatic heterocycles. The minimum Gasteiger partial charge on any atom is -0.439 e. The van der Waals surface area contributed by atoms with Gasteiger partial charge in [-0.05, 0) is 55.9 Å². The van der Waals surface area contributed by atoms with Gasteiger partial charge >= 0.3 is 6.09 Å². The summed E-state index contributed by atoms with van der Waals surface area (Å²) in [5.41, 5.74) is 12.7. The number of allylic oxidation sites excluding steroid dienone is 5. The highest BCUT2D eigenvalue weighted by Crippen LogP contribution is 2.26. The first-order valence-electron chi connectivity index (χ1n) is 17.4. The van der Waals surface area contributed by atoms with E-state index in [0.29, 0.717) is 29.2 Å². The van der Waals surface area contributed by atoms with Gasteiger partial charge in [0.25, 0.3) is 5.91 Å². The van der Waals surface area contributed by atoms with Crippen molar-refractivity contribution in [3.63, 3.8) is 0 Å². The van der Waals surface area contributed by atoms with E-state index in [2.05, 4.69) is 0 Å². The summed E-state index contributed by atoms with van der Waals surface area (Å²) in [6.07, 6.45) is 3.84. The smallest absolute Gasteiger partial charge is 0.405 e. The molecule has 12 nitrogen and oxygen atoms in total. The fraction of sp³-hybridized carbons (Fsp3) is 0.390. The van der Waals surface area contributed by atoms with Crippen molar-refractivity contribution in [2.24, 2.45) is 23.3 Å². The van der Waals surface area contributed by atoms with Crippen molar-refractivity contribution >= 4 is 40.6 Å². The number of carbonyl (C=O) groups excluding carboxylic acids is 5. The molecule has 284 valence electrons. The van der Waals surface area contributed by atoms with Gasteiger partial charge < -0.3 is 35.7 Å². The van der Waals surface area contributed by atoms with E-state index in [-0.39, 0.29) is 40.7 Å². The van der Waals surface area contributed by atoms with Crippen molar-refractivity contribution in [3.8, 4) is 0 Å². The first-order valence-corrected chi connectivity index (χ1v) is 17.4. The molecule has 12 heteroatoms. The van der Waals surface area contributed by atoms with Crippen LogP contribution in [0.4, 0.5) is 4.79 Å². The van der Waals surface area contributed by atoms with Crippen LogP contribution >= 0.6 is 0 Å². The van der Waals surface area contributed by atoms with Crippen LogP contribution in [0, 0.1) is 11.8 Å². The third-order valence-corrected chi connectivity index (χ3v) is 9.35. The molecule has 0 aliphatic carbocycles. The molecule has 53 heavy (non-hydrogen) atoms. The van der Waals surface area contributed by atoms with Gasteiger partial charge in [-0.1, -0.05) is 80.6 Å². The van der Waals surface area contributed by atoms with Crippen LogP contribution in [0.1, 0.15) is 57.8 Å². The lowest BCUT2D eigenvalue weighted by molar-refractivity contribution is -0.124. The Kier molecular flexibility index (Phi) is 15.6. The van der Waals surface area contributed by atoms with Gasteiger partial charge in [0.05, 0.1) is 24.4 Å². The summed E-state index contributed by atoms with van der Waals surface area (Å²) < 4.78 is 16.7. The Morgan fingerprint density at radius 1 is 1.02 bits per heavy atom. The highest BCUT2D eigenvalue weighted by molar-refractivity contribution is 6.11. The fourth-order valence-electron chi connectivity index (χ4n) is 6.40. The number of aliphatic hydroxyl groups excluding tert-OH is 1. The third-order valence-electron chi connectivity index (χ3n) is 9.35. The summed E-state index contributed by atoms with van der Waals surface area (Å²) in [7, 11) is 2.88. The summed E-state index contributed by atoms with van der Waals surface area (Å²) in [6, 6.07) is 12.7. The Bertz CT molecular complexity index is 1830. The van der Waals surface area contributed by atoms with E-state index in [9.17, 15) is 29.1 Å². The maximum Gasteiger partial charge on any atom is 0.405 e. The van der Waals surface area contributed by atoms with E-state index in [1.807, 2.05) is 37.3 Å². The number of nitrogens with two attached hydrogens (primary N) is 2. The number of benzene rings is 2. The average Bonchev–Trinajstić information content (AvgIpc) is 3.13. The van der Waals surface area contributed by atoms with Crippen LogP contribution in [0.5, 0.6) is 0 Å². The average molecular weight is 730 g/mol. The normalized spacial score (nSPS) is 29.4. The van der Waals surface area contributed by atoms with Crippen molar-refractivity contribution in [3.05, 3.63) is 107 Å². The zero-order chi connectivity index (χ0) is 39.4. The van der Waals surface area contributed by atoms with E-state index in [4.69, 9.17) is 25.7 Å². The van der Waals surface area contributed by atoms with Crippen LogP contribution in [-0.2, 0) is 28.6 Å². The van der Waals surface area contributed by atoms with E-state index >= 15 is 0 Å². The second kappa shape index (κ2) is 19.6. The van der Waals surface area contributed by atoms with Gasteiger partial charge in [-0.3, -0.25) is 19.2 Å². The van der Waals surface area contributed by atoms with Gasteiger partial charge in [0.15, 0.2) is 11.9 Å². The van der Waals surface area contributed by atoms with E-state index < -0.39 is 54.7 Å². The number of Topliss-reactive ketones (excluding diaryl/α,β-unsaturated/α-hetero) is 1. The molecule has 0 fully saturated rings. The van der Waals surface area contributed by atoms with Crippen molar-refractivity contribution in [1.82, 2.24) is 4.90 Å². The van der Waals surface area contributed by atoms with Crippen LogP contribution in [0.3, 0.4) is 0 Å². The number of carbonyl (C=O) groups is 5. The number of aldehydes is 1. The third kappa shape index (κ3) is 11.2. The number of fused-ring (bicyclic) bond motifs is 1. The topological polar surface area (TPSA) is 189 Å². The van der Waals surface area contributed by atoms with E-state index in [1.165, 1.54) is 32.1 Å². The van der Waals surface area contributed by atoms with Gasteiger partial charge in [-0.2, -0.15) is 0 Å². The van der Waals surface area contributed by atoms with Crippen molar-refractivity contribution in [1.29, 1.82) is 0 Å². The second-order valence-corrected chi connectivity index (χ2v) is 13.4. The Labute approximate surface area is 310 Å². The van der Waals surface area contributed by atoms with Gasteiger partial charge in [0.1, 0.15) is 12.4 Å². The highest BCUT2D eigenvalue weighted by atomic mass is 16.6.